The zero-order chi connectivity index (χ0) is 11.8. The fourth-order valence-corrected chi connectivity index (χ4v) is 2.04. The number of nitrogens with zero attached hydrogens (tertiary/aromatic N) is 1. The first-order valence-corrected chi connectivity index (χ1v) is 5.38. The summed E-state index contributed by atoms with van der Waals surface area (Å²) < 4.78 is 18.8. The van der Waals surface area contributed by atoms with Gasteiger partial charge in [-0.2, -0.15) is 0 Å². The number of hydrogen-bond donors (Lipinski definition) is 1. The Balaban J connectivity index is 2.51. The average molecular weight is 286 g/mol. The third-order valence-corrected chi connectivity index (χ3v) is 2.95. The molecule has 84 valence electrons. The van der Waals surface area contributed by atoms with Crippen molar-refractivity contribution in [2.24, 2.45) is 0 Å². The molecule has 0 amide bonds. The molecule has 1 N–H and O–H groups in total. The first-order chi connectivity index (χ1) is 7.51. The maximum Gasteiger partial charge on any atom is 0.153 e. The lowest BCUT2D eigenvalue weighted by Crippen LogP contribution is -2.23. The van der Waals surface area contributed by atoms with Crippen LogP contribution in [0.25, 0.3) is 0 Å². The molecule has 0 fully saturated rings. The van der Waals surface area contributed by atoms with Gasteiger partial charge in [-0.1, -0.05) is 0 Å². The first-order valence-electron chi connectivity index (χ1n) is 4.58. The Bertz CT molecular complexity index is 510. The van der Waals surface area contributed by atoms with Crippen LogP contribution in [0.3, 0.4) is 0 Å². The van der Waals surface area contributed by atoms with Crippen molar-refractivity contribution in [2.45, 2.75) is 12.5 Å². The number of hydrogen-bond acceptors (Lipinski definition) is 3. The van der Waals surface area contributed by atoms with Gasteiger partial charge in [0.2, 0.25) is 0 Å². The van der Waals surface area contributed by atoms with E-state index < -0.39 is 11.4 Å². The molecule has 0 aliphatic heterocycles. The smallest absolute Gasteiger partial charge is 0.153 e. The SMILES string of the molecule is CC(O)(c1cncc(F)c1)c1occc1Br. The Hall–Kier alpha value is -1.20. The summed E-state index contributed by atoms with van der Waals surface area (Å²) in [5.74, 6) is -0.180. The molecule has 2 aromatic heterocycles. The number of pyridine rings is 1. The molecular formula is C11H9BrFNO2. The molecule has 0 radical (unpaired) electrons. The molecule has 0 aliphatic carbocycles. The van der Waals surface area contributed by atoms with E-state index in [-0.39, 0.29) is 0 Å². The highest BCUT2D eigenvalue weighted by Gasteiger charge is 2.31. The second kappa shape index (κ2) is 3.99. The van der Waals surface area contributed by atoms with Crippen LogP contribution in [0.5, 0.6) is 0 Å². The van der Waals surface area contributed by atoms with Gasteiger partial charge in [0, 0.05) is 11.8 Å². The zero-order valence-corrected chi connectivity index (χ0v) is 10.0. The van der Waals surface area contributed by atoms with Crippen molar-refractivity contribution in [3.63, 3.8) is 0 Å². The van der Waals surface area contributed by atoms with Crippen LogP contribution < -0.4 is 0 Å². The molecule has 16 heavy (non-hydrogen) atoms. The van der Waals surface area contributed by atoms with Gasteiger partial charge in [-0.15, -0.1) is 0 Å². The van der Waals surface area contributed by atoms with Crippen molar-refractivity contribution in [1.82, 2.24) is 4.98 Å². The van der Waals surface area contributed by atoms with Gasteiger partial charge >= 0.3 is 0 Å². The first kappa shape index (κ1) is 11.3. The maximum atomic E-state index is 13.0. The van der Waals surface area contributed by atoms with Crippen molar-refractivity contribution in [3.05, 3.63) is 52.4 Å². The summed E-state index contributed by atoms with van der Waals surface area (Å²) in [6, 6.07) is 2.89. The number of furan rings is 1. The molecule has 0 saturated heterocycles. The monoisotopic (exact) mass is 285 g/mol. The number of aromatic nitrogens is 1. The van der Waals surface area contributed by atoms with E-state index in [0.29, 0.717) is 15.8 Å². The zero-order valence-electron chi connectivity index (χ0n) is 8.45. The molecule has 0 aromatic carbocycles. The van der Waals surface area contributed by atoms with E-state index in [9.17, 15) is 9.50 Å². The van der Waals surface area contributed by atoms with E-state index in [1.807, 2.05) is 0 Å². The van der Waals surface area contributed by atoms with Crippen molar-refractivity contribution in [2.75, 3.05) is 0 Å². The predicted octanol–water partition coefficient (Wildman–Crippen LogP) is 2.83. The molecule has 1 unspecified atom stereocenters. The summed E-state index contributed by atoms with van der Waals surface area (Å²) in [6.45, 7) is 1.52. The number of rotatable bonds is 2. The van der Waals surface area contributed by atoms with Crippen LogP contribution in [0.15, 0.2) is 39.7 Å². The summed E-state index contributed by atoms with van der Waals surface area (Å²) in [6.07, 6.45) is 3.93. The van der Waals surface area contributed by atoms with Crippen LogP contribution in [0, 0.1) is 5.82 Å². The van der Waals surface area contributed by atoms with Crippen LogP contribution in [-0.4, -0.2) is 10.1 Å². The van der Waals surface area contributed by atoms with Crippen molar-refractivity contribution < 1.29 is 13.9 Å². The molecule has 2 aromatic rings. The Morgan fingerprint density at radius 3 is 2.81 bits per heavy atom. The van der Waals surface area contributed by atoms with Gasteiger partial charge in [-0.25, -0.2) is 4.39 Å². The predicted molar refractivity (Wildman–Crippen MR) is 59.3 cm³/mol. The average Bonchev–Trinajstić information content (AvgIpc) is 2.65. The second-order valence-electron chi connectivity index (χ2n) is 3.56. The Kier molecular flexibility index (Phi) is 2.82. The van der Waals surface area contributed by atoms with Crippen LogP contribution >= 0.6 is 15.9 Å². The van der Waals surface area contributed by atoms with Crippen LogP contribution in [0.1, 0.15) is 18.2 Å². The largest absolute Gasteiger partial charge is 0.465 e. The van der Waals surface area contributed by atoms with E-state index >= 15 is 0 Å². The maximum absolute atomic E-state index is 13.0. The van der Waals surface area contributed by atoms with E-state index in [1.165, 1.54) is 25.5 Å². The van der Waals surface area contributed by atoms with E-state index in [4.69, 9.17) is 4.42 Å². The van der Waals surface area contributed by atoms with Crippen LogP contribution in [-0.2, 0) is 5.60 Å². The quantitative estimate of drug-likeness (QED) is 0.923. The lowest BCUT2D eigenvalue weighted by molar-refractivity contribution is 0.0750. The summed E-state index contributed by atoms with van der Waals surface area (Å²) >= 11 is 3.25. The van der Waals surface area contributed by atoms with Crippen LogP contribution in [0.2, 0.25) is 0 Å². The topological polar surface area (TPSA) is 46.3 Å². The minimum Gasteiger partial charge on any atom is -0.465 e. The summed E-state index contributed by atoms with van der Waals surface area (Å²) in [5.41, 5.74) is -1.08. The molecular weight excluding hydrogens is 277 g/mol. The Morgan fingerprint density at radius 1 is 1.50 bits per heavy atom. The van der Waals surface area contributed by atoms with Gasteiger partial charge < -0.3 is 9.52 Å². The van der Waals surface area contributed by atoms with Crippen molar-refractivity contribution in [1.29, 1.82) is 0 Å². The van der Waals surface area contributed by atoms with Gasteiger partial charge in [0.05, 0.1) is 16.9 Å². The number of halogens is 2. The van der Waals surface area contributed by atoms with E-state index in [1.54, 1.807) is 6.07 Å². The molecule has 0 spiro atoms. The Labute approximate surface area is 100 Å². The van der Waals surface area contributed by atoms with Gasteiger partial charge in [0.15, 0.2) is 5.76 Å². The second-order valence-corrected chi connectivity index (χ2v) is 4.42. The van der Waals surface area contributed by atoms with Gasteiger partial charge in [-0.05, 0) is 35.0 Å². The fourth-order valence-electron chi connectivity index (χ4n) is 1.45. The summed E-state index contributed by atoms with van der Waals surface area (Å²) in [4.78, 5) is 3.70. The van der Waals surface area contributed by atoms with Crippen LogP contribution in [0.4, 0.5) is 4.39 Å². The minimum absolute atomic E-state index is 0.319. The normalized spacial score (nSPS) is 14.8. The lowest BCUT2D eigenvalue weighted by Gasteiger charge is -2.21. The van der Waals surface area contributed by atoms with E-state index in [0.717, 1.165) is 6.20 Å². The fraction of sp³-hybridized carbons (Fsp3) is 0.182. The van der Waals surface area contributed by atoms with E-state index in [2.05, 4.69) is 20.9 Å². The highest BCUT2D eigenvalue weighted by atomic mass is 79.9. The third-order valence-electron chi connectivity index (χ3n) is 2.33. The summed E-state index contributed by atoms with van der Waals surface area (Å²) in [7, 11) is 0. The van der Waals surface area contributed by atoms with Crippen molar-refractivity contribution in [3.8, 4) is 0 Å². The molecule has 3 nitrogen and oxygen atoms in total. The standard InChI is InChI=1S/C11H9BrFNO2/c1-11(15,10-9(12)2-3-16-10)7-4-8(13)6-14-5-7/h2-6,15H,1H3. The molecule has 1 atom stereocenters. The number of aliphatic hydroxyl groups is 1. The molecule has 2 heterocycles. The lowest BCUT2D eigenvalue weighted by atomic mass is 9.95. The Morgan fingerprint density at radius 2 is 2.25 bits per heavy atom. The molecule has 0 bridgehead atoms. The van der Waals surface area contributed by atoms with Gasteiger partial charge in [-0.3, -0.25) is 4.98 Å². The van der Waals surface area contributed by atoms with Gasteiger partial charge in [0.1, 0.15) is 11.4 Å². The highest BCUT2D eigenvalue weighted by Crippen LogP contribution is 2.34. The molecule has 0 aliphatic rings. The van der Waals surface area contributed by atoms with Crippen molar-refractivity contribution >= 4 is 15.9 Å². The minimum atomic E-state index is -1.42. The highest BCUT2D eigenvalue weighted by molar-refractivity contribution is 9.10. The van der Waals surface area contributed by atoms with Gasteiger partial charge in [0.25, 0.3) is 0 Å². The third kappa shape index (κ3) is 1.88. The molecule has 5 heteroatoms. The molecule has 2 rings (SSSR count). The summed E-state index contributed by atoms with van der Waals surface area (Å²) in [5, 5.41) is 10.3. The molecule has 0 saturated carbocycles.